The fraction of sp³-hybridized carbons (Fsp3) is 0.444. The van der Waals surface area contributed by atoms with Gasteiger partial charge in [-0.15, -0.1) is 0 Å². The van der Waals surface area contributed by atoms with Crippen molar-refractivity contribution in [3.8, 4) is 0 Å². The van der Waals surface area contributed by atoms with Crippen LogP contribution in [-0.4, -0.2) is 61.5 Å². The molecule has 12 heteroatoms. The first kappa shape index (κ1) is 21.8. The van der Waals surface area contributed by atoms with E-state index in [0.29, 0.717) is 0 Å². The molecular formula is C18H20F2N4O5S. The van der Waals surface area contributed by atoms with Crippen molar-refractivity contribution in [1.82, 2.24) is 15.6 Å². The Hall–Kier alpha value is -2.89. The van der Waals surface area contributed by atoms with Gasteiger partial charge in [0.05, 0.1) is 17.5 Å². The number of nitrogens with zero attached hydrogens (tertiary/aromatic N) is 2. The monoisotopic (exact) mass is 442 g/mol. The van der Waals surface area contributed by atoms with Crippen LogP contribution in [0.25, 0.3) is 0 Å². The lowest BCUT2D eigenvalue weighted by atomic mass is 10.0. The van der Waals surface area contributed by atoms with E-state index in [0.717, 1.165) is 17.1 Å². The Balaban J connectivity index is 1.82. The van der Waals surface area contributed by atoms with Crippen molar-refractivity contribution >= 4 is 33.3 Å². The lowest BCUT2D eigenvalue weighted by molar-refractivity contribution is -0.134. The fourth-order valence-electron chi connectivity index (χ4n) is 3.34. The number of carbonyl (C=O) groups excluding carboxylic acids is 3. The molecule has 1 aromatic carbocycles. The highest BCUT2D eigenvalue weighted by molar-refractivity contribution is 7.91. The van der Waals surface area contributed by atoms with E-state index >= 15 is 0 Å². The van der Waals surface area contributed by atoms with Gasteiger partial charge in [0.2, 0.25) is 11.8 Å². The first-order chi connectivity index (χ1) is 14.1. The molecule has 2 aliphatic rings. The summed E-state index contributed by atoms with van der Waals surface area (Å²) >= 11 is 0. The SMILES string of the molecule is CNC(=O)C(NC(=O)C1=NN(C2CCS(=O)(=O)C2)C(=O)CC1)c1ccc(F)c(F)c1. The fourth-order valence-corrected chi connectivity index (χ4v) is 5.03. The van der Waals surface area contributed by atoms with Gasteiger partial charge in [-0.2, -0.15) is 5.10 Å². The number of nitrogens with one attached hydrogen (secondary N) is 2. The maximum absolute atomic E-state index is 13.6. The van der Waals surface area contributed by atoms with Crippen LogP contribution in [-0.2, 0) is 24.2 Å². The van der Waals surface area contributed by atoms with Crippen molar-refractivity contribution in [2.45, 2.75) is 31.3 Å². The molecule has 0 spiro atoms. The number of amides is 3. The van der Waals surface area contributed by atoms with Crippen LogP contribution >= 0.6 is 0 Å². The molecule has 0 aromatic heterocycles. The van der Waals surface area contributed by atoms with Crippen LogP contribution in [0.2, 0.25) is 0 Å². The van der Waals surface area contributed by atoms with Crippen LogP contribution < -0.4 is 10.6 Å². The zero-order valence-corrected chi connectivity index (χ0v) is 16.8. The van der Waals surface area contributed by atoms with Gasteiger partial charge in [-0.1, -0.05) is 6.07 Å². The molecule has 0 bridgehead atoms. The van der Waals surface area contributed by atoms with E-state index in [9.17, 15) is 31.6 Å². The van der Waals surface area contributed by atoms with Gasteiger partial charge < -0.3 is 10.6 Å². The summed E-state index contributed by atoms with van der Waals surface area (Å²) in [6, 6.07) is 0.841. The van der Waals surface area contributed by atoms with Crippen molar-refractivity contribution in [2.24, 2.45) is 5.10 Å². The van der Waals surface area contributed by atoms with Crippen LogP contribution in [0.3, 0.4) is 0 Å². The van der Waals surface area contributed by atoms with E-state index in [2.05, 4.69) is 15.7 Å². The Bertz CT molecular complexity index is 1030. The molecule has 2 unspecified atom stereocenters. The summed E-state index contributed by atoms with van der Waals surface area (Å²) in [7, 11) is -1.95. The lowest BCUT2D eigenvalue weighted by Gasteiger charge is -2.28. The summed E-state index contributed by atoms with van der Waals surface area (Å²) in [4.78, 5) is 37.1. The second-order valence-corrected chi connectivity index (χ2v) is 9.26. The summed E-state index contributed by atoms with van der Waals surface area (Å²) < 4.78 is 50.2. The summed E-state index contributed by atoms with van der Waals surface area (Å²) in [5, 5.41) is 9.81. The minimum absolute atomic E-state index is 0.00111. The van der Waals surface area contributed by atoms with Crippen LogP contribution in [0.5, 0.6) is 0 Å². The first-order valence-corrected chi connectivity index (χ1v) is 11.0. The van der Waals surface area contributed by atoms with Gasteiger partial charge in [0.25, 0.3) is 5.91 Å². The molecule has 3 rings (SSSR count). The van der Waals surface area contributed by atoms with Gasteiger partial charge in [0, 0.05) is 19.9 Å². The van der Waals surface area contributed by atoms with Gasteiger partial charge >= 0.3 is 0 Å². The van der Waals surface area contributed by atoms with Crippen LogP contribution in [0, 0.1) is 11.6 Å². The zero-order chi connectivity index (χ0) is 22.1. The Morgan fingerprint density at radius 2 is 1.97 bits per heavy atom. The van der Waals surface area contributed by atoms with Crippen LogP contribution in [0.4, 0.5) is 8.78 Å². The molecule has 30 heavy (non-hydrogen) atoms. The summed E-state index contributed by atoms with van der Waals surface area (Å²) in [5.41, 5.74) is -0.0387. The Morgan fingerprint density at radius 1 is 1.23 bits per heavy atom. The number of carbonyl (C=O) groups is 3. The topological polar surface area (TPSA) is 125 Å². The predicted octanol–water partition coefficient (Wildman–Crippen LogP) is 0.0336. The van der Waals surface area contributed by atoms with Crippen molar-refractivity contribution in [3.05, 3.63) is 35.4 Å². The maximum Gasteiger partial charge on any atom is 0.268 e. The quantitative estimate of drug-likeness (QED) is 0.666. The van der Waals surface area contributed by atoms with E-state index < -0.39 is 51.3 Å². The summed E-state index contributed by atoms with van der Waals surface area (Å²) in [6.07, 6.45) is 0.180. The number of hydrazone groups is 1. The van der Waals surface area contributed by atoms with Crippen LogP contribution in [0.15, 0.2) is 23.3 Å². The standard InChI is InChI=1S/C18H20F2N4O5S/c1-21-18(27)16(10-2-3-12(19)13(20)8-10)22-17(26)14-4-5-15(25)24(23-14)11-6-7-30(28,29)9-11/h2-3,8,11,16H,4-7,9H2,1H3,(H,21,27)(H,22,26). The highest BCUT2D eigenvalue weighted by atomic mass is 32.2. The lowest BCUT2D eigenvalue weighted by Crippen LogP contribution is -2.46. The predicted molar refractivity (Wildman–Crippen MR) is 102 cm³/mol. The molecule has 9 nitrogen and oxygen atoms in total. The molecule has 0 saturated carbocycles. The normalized spacial score (nSPS) is 21.7. The molecule has 2 heterocycles. The summed E-state index contributed by atoms with van der Waals surface area (Å²) in [5.74, 6) is -4.40. The van der Waals surface area contributed by atoms with Crippen LogP contribution in [0.1, 0.15) is 30.9 Å². The molecular weight excluding hydrogens is 422 g/mol. The van der Waals surface area contributed by atoms with Gasteiger partial charge in [-0.25, -0.2) is 22.2 Å². The number of likely N-dealkylation sites (N-methyl/N-ethyl adjacent to an activating group) is 1. The van der Waals surface area contributed by atoms with Gasteiger partial charge in [0.1, 0.15) is 11.8 Å². The zero-order valence-electron chi connectivity index (χ0n) is 16.0. The molecule has 1 saturated heterocycles. The molecule has 2 aliphatic heterocycles. The third-order valence-electron chi connectivity index (χ3n) is 4.94. The van der Waals surface area contributed by atoms with Crippen molar-refractivity contribution < 1.29 is 31.6 Å². The van der Waals surface area contributed by atoms with E-state index in [1.54, 1.807) is 0 Å². The maximum atomic E-state index is 13.6. The number of hydrogen-bond acceptors (Lipinski definition) is 6. The molecule has 162 valence electrons. The third-order valence-corrected chi connectivity index (χ3v) is 6.69. The Morgan fingerprint density at radius 3 is 2.57 bits per heavy atom. The number of rotatable bonds is 5. The second-order valence-electron chi connectivity index (χ2n) is 7.04. The summed E-state index contributed by atoms with van der Waals surface area (Å²) in [6.45, 7) is 0. The Labute approximate surface area is 171 Å². The smallest absolute Gasteiger partial charge is 0.268 e. The van der Waals surface area contributed by atoms with Crippen molar-refractivity contribution in [2.75, 3.05) is 18.6 Å². The van der Waals surface area contributed by atoms with E-state index in [1.165, 1.54) is 13.1 Å². The first-order valence-electron chi connectivity index (χ1n) is 9.18. The second kappa shape index (κ2) is 8.46. The molecule has 3 amide bonds. The minimum Gasteiger partial charge on any atom is -0.357 e. The average molecular weight is 442 g/mol. The largest absolute Gasteiger partial charge is 0.357 e. The highest BCUT2D eigenvalue weighted by Crippen LogP contribution is 2.23. The van der Waals surface area contributed by atoms with Crippen molar-refractivity contribution in [1.29, 1.82) is 0 Å². The number of sulfone groups is 1. The average Bonchev–Trinajstić information content (AvgIpc) is 3.07. The number of halogens is 2. The van der Waals surface area contributed by atoms with Gasteiger partial charge in [-0.3, -0.25) is 14.4 Å². The molecule has 2 atom stereocenters. The molecule has 2 N–H and O–H groups in total. The van der Waals surface area contributed by atoms with Crippen molar-refractivity contribution in [3.63, 3.8) is 0 Å². The van der Waals surface area contributed by atoms with E-state index in [1.807, 2.05) is 0 Å². The molecule has 1 fully saturated rings. The third kappa shape index (κ3) is 4.64. The Kier molecular flexibility index (Phi) is 6.15. The van der Waals surface area contributed by atoms with Gasteiger partial charge in [0.15, 0.2) is 21.5 Å². The highest BCUT2D eigenvalue weighted by Gasteiger charge is 2.37. The minimum atomic E-state index is -3.27. The molecule has 0 radical (unpaired) electrons. The van der Waals surface area contributed by atoms with E-state index in [4.69, 9.17) is 0 Å². The molecule has 1 aromatic rings. The molecule has 0 aliphatic carbocycles. The van der Waals surface area contributed by atoms with Gasteiger partial charge in [-0.05, 0) is 24.1 Å². The number of benzene rings is 1. The van der Waals surface area contributed by atoms with E-state index in [-0.39, 0.29) is 42.0 Å². The number of hydrogen-bond donors (Lipinski definition) is 2.